The smallest absolute Gasteiger partial charge is 0.164 e. The van der Waals surface area contributed by atoms with Gasteiger partial charge in [0.15, 0.2) is 17.5 Å². The fourth-order valence-corrected chi connectivity index (χ4v) is 8.96. The number of hydrogen-bond donors (Lipinski definition) is 0. The van der Waals surface area contributed by atoms with Crippen LogP contribution >= 0.6 is 11.3 Å². The van der Waals surface area contributed by atoms with Crippen molar-refractivity contribution in [1.29, 1.82) is 0 Å². The van der Waals surface area contributed by atoms with Crippen molar-refractivity contribution in [3.8, 4) is 39.9 Å². The van der Waals surface area contributed by atoms with E-state index in [1.165, 1.54) is 15.9 Å². The second kappa shape index (κ2) is 12.2. The summed E-state index contributed by atoms with van der Waals surface area (Å²) < 4.78 is 93.4. The van der Waals surface area contributed by atoms with Gasteiger partial charge in [-0.25, -0.2) is 15.0 Å². The summed E-state index contributed by atoms with van der Waals surface area (Å²) in [6.45, 7) is 0. The molecule has 0 aliphatic heterocycles. The van der Waals surface area contributed by atoms with Crippen molar-refractivity contribution < 1.29 is 13.7 Å². The van der Waals surface area contributed by atoms with E-state index in [0.29, 0.717) is 28.7 Å². The lowest BCUT2D eigenvalue weighted by Crippen LogP contribution is -2.02. The van der Waals surface area contributed by atoms with Crippen molar-refractivity contribution >= 4 is 85.6 Å². The van der Waals surface area contributed by atoms with Crippen LogP contribution in [0.15, 0.2) is 182 Å². The lowest BCUT2D eigenvalue weighted by Gasteiger charge is -2.14. The summed E-state index contributed by atoms with van der Waals surface area (Å²) in [5.41, 5.74) is 2.44. The summed E-state index contributed by atoms with van der Waals surface area (Å²) in [5.74, 6) is 1.16. The van der Waals surface area contributed by atoms with E-state index in [9.17, 15) is 5.48 Å². The molecule has 0 saturated carbocycles. The summed E-state index contributed by atoms with van der Waals surface area (Å²) in [7, 11) is 0. The first kappa shape index (κ1) is 22.9. The molecule has 0 unspecified atom stereocenters. The Morgan fingerprint density at radius 2 is 1.05 bits per heavy atom. The van der Waals surface area contributed by atoms with Gasteiger partial charge in [-0.05, 0) is 80.8 Å². The molecule has 0 saturated heterocycles. The average molecular weight is 741 g/mol. The molecule has 3 aromatic heterocycles. The second-order valence-corrected chi connectivity index (χ2v) is 14.8. The van der Waals surface area contributed by atoms with Gasteiger partial charge in [0, 0.05) is 53.3 Å². The van der Waals surface area contributed by atoms with E-state index in [2.05, 4.69) is 0 Å². The first-order chi connectivity index (χ1) is 31.9. The van der Waals surface area contributed by atoms with Gasteiger partial charge in [0.2, 0.25) is 0 Å². The van der Waals surface area contributed by atoms with E-state index in [0.717, 1.165) is 52.8 Å². The van der Waals surface area contributed by atoms with Gasteiger partial charge in [0.05, 0.1) is 24.7 Å². The number of hydrogen-bond acceptors (Lipinski definition) is 4. The third-order valence-corrected chi connectivity index (χ3v) is 11.5. The molecule has 12 rings (SSSR count). The van der Waals surface area contributed by atoms with Gasteiger partial charge in [-0.1, -0.05) is 133 Å². The molecule has 0 N–H and O–H groups in total. The Labute approximate surface area is 339 Å². The van der Waals surface area contributed by atoms with Crippen molar-refractivity contribution in [3.63, 3.8) is 0 Å². The molecule has 9 aromatic carbocycles. The summed E-state index contributed by atoms with van der Waals surface area (Å²) in [6, 6.07) is 35.1. The largest absolute Gasteiger partial charge is 0.309 e. The zero-order valence-electron chi connectivity index (χ0n) is 39.2. The molecule has 260 valence electrons. The van der Waals surface area contributed by atoms with Crippen LogP contribution in [0.25, 0.3) is 114 Å². The number of thiophene rings is 1. The molecule has 3 heterocycles. The van der Waals surface area contributed by atoms with E-state index >= 15 is 0 Å². The third-order valence-electron chi connectivity index (χ3n) is 10.4. The Morgan fingerprint density at radius 1 is 0.446 bits per heavy atom. The van der Waals surface area contributed by atoms with Crippen LogP contribution in [0.1, 0.15) is 13.7 Å². The van der Waals surface area contributed by atoms with Crippen LogP contribution < -0.4 is 0 Å². The van der Waals surface area contributed by atoms with E-state index < -0.39 is 48.3 Å². The summed E-state index contributed by atoms with van der Waals surface area (Å²) >= 11 is 1.51. The minimum Gasteiger partial charge on any atom is -0.309 e. The van der Waals surface area contributed by atoms with Crippen LogP contribution in [0.5, 0.6) is 0 Å². The molecule has 0 aliphatic rings. The monoisotopic (exact) mass is 740 g/mol. The first-order valence-electron chi connectivity index (χ1n) is 23.0. The number of rotatable bonds is 4. The quantitative estimate of drug-likeness (QED) is 0.180. The highest BCUT2D eigenvalue weighted by atomic mass is 32.1. The zero-order valence-corrected chi connectivity index (χ0v) is 30.1. The Hall–Kier alpha value is -7.21. The minimum absolute atomic E-state index is 0.00436. The average Bonchev–Trinajstić information content (AvgIpc) is 3.91. The first-order valence-corrected chi connectivity index (χ1v) is 18.9. The second-order valence-electron chi connectivity index (χ2n) is 13.7. The maximum atomic E-state index is 9.74. The normalized spacial score (nSPS) is 14.4. The zero-order chi connectivity index (χ0) is 45.4. The molecule has 56 heavy (non-hydrogen) atoms. The molecular formula is C51H30N4S. The highest BCUT2D eigenvalue weighted by Gasteiger charge is 2.21. The fraction of sp³-hybridized carbons (Fsp3) is 0. The maximum absolute atomic E-state index is 9.74. The SMILES string of the molecule is [2H]c1c([2H])c([2H])c2c([2H])c3c(c([2H])c2c1[2H])c1c([2H])c([2H])c([2H])c([2H])c1n3-c1cc(-c2nc(-c3ccc4ccccc4c3)nc(-c3ccc4ccccc4c3)n2)c2c(c1)sc1ccccc12. The van der Waals surface area contributed by atoms with Crippen molar-refractivity contribution in [3.05, 3.63) is 182 Å². The molecule has 0 aliphatic carbocycles. The van der Waals surface area contributed by atoms with Crippen LogP contribution in [-0.4, -0.2) is 19.5 Å². The van der Waals surface area contributed by atoms with E-state index in [1.807, 2.05) is 121 Å². The number of aromatic nitrogens is 4. The van der Waals surface area contributed by atoms with Gasteiger partial charge in [0.1, 0.15) is 0 Å². The molecule has 0 atom stereocenters. The summed E-state index contributed by atoms with van der Waals surface area (Å²) in [5, 5.41) is 5.40. The van der Waals surface area contributed by atoms with Gasteiger partial charge in [-0.15, -0.1) is 11.3 Å². The van der Waals surface area contributed by atoms with Crippen molar-refractivity contribution in [2.45, 2.75) is 0 Å². The lowest BCUT2D eigenvalue weighted by atomic mass is 10.0. The van der Waals surface area contributed by atoms with Crippen molar-refractivity contribution in [1.82, 2.24) is 19.5 Å². The van der Waals surface area contributed by atoms with Crippen LogP contribution in [0.3, 0.4) is 0 Å². The predicted molar refractivity (Wildman–Crippen MR) is 236 cm³/mol. The van der Waals surface area contributed by atoms with E-state index in [4.69, 9.17) is 23.2 Å². The Morgan fingerprint density at radius 3 is 1.79 bits per heavy atom. The van der Waals surface area contributed by atoms with E-state index in [-0.39, 0.29) is 44.7 Å². The van der Waals surface area contributed by atoms with Crippen LogP contribution in [0, 0.1) is 0 Å². The van der Waals surface area contributed by atoms with Gasteiger partial charge in [0.25, 0.3) is 0 Å². The predicted octanol–water partition coefficient (Wildman–Crippen LogP) is 13.8. The van der Waals surface area contributed by atoms with Gasteiger partial charge in [-0.2, -0.15) is 0 Å². The molecule has 0 radical (unpaired) electrons. The number of nitrogens with zero attached hydrogens (tertiary/aromatic N) is 4. The molecule has 5 heteroatoms. The molecular weight excluding hydrogens is 701 g/mol. The van der Waals surface area contributed by atoms with E-state index in [1.54, 1.807) is 0 Å². The van der Waals surface area contributed by atoms with Gasteiger partial charge in [-0.3, -0.25) is 0 Å². The summed E-state index contributed by atoms with van der Waals surface area (Å²) in [6.07, 6.45) is 0. The highest BCUT2D eigenvalue weighted by molar-refractivity contribution is 7.26. The molecule has 0 fully saturated rings. The van der Waals surface area contributed by atoms with Crippen LogP contribution in [0.2, 0.25) is 0 Å². The number of benzene rings is 9. The third kappa shape index (κ3) is 4.88. The Bertz CT molecular complexity index is 4050. The summed E-state index contributed by atoms with van der Waals surface area (Å²) in [4.78, 5) is 15.5. The molecule has 0 spiro atoms. The number of para-hydroxylation sites is 1. The molecule has 0 bridgehead atoms. The molecule has 12 aromatic rings. The van der Waals surface area contributed by atoms with Crippen LogP contribution in [0.4, 0.5) is 0 Å². The maximum Gasteiger partial charge on any atom is 0.164 e. The fourth-order valence-electron chi connectivity index (χ4n) is 7.79. The Kier molecular flexibility index (Phi) is 4.96. The number of fused-ring (bicyclic) bond motifs is 9. The van der Waals surface area contributed by atoms with Crippen molar-refractivity contribution in [2.75, 3.05) is 0 Å². The molecule has 4 nitrogen and oxygen atoms in total. The topological polar surface area (TPSA) is 43.6 Å². The van der Waals surface area contributed by atoms with Crippen molar-refractivity contribution in [2.24, 2.45) is 0 Å². The minimum atomic E-state index is -0.575. The van der Waals surface area contributed by atoms with Gasteiger partial charge >= 0.3 is 0 Å². The standard InChI is InChI=1S/C51H30N4S/c1-3-13-33-25-37(23-21-31(33)11-1)49-52-50(38-24-22-32-12-2-4-14-34(32)26-38)54-51(53-49)43-29-39(30-47-48(43)41-18-8-10-20-46(41)56-47)55-44-19-9-7-17-40(44)42-27-35-15-5-6-16-36(35)28-45(42)55/h1-30H/i5D,6D,7D,9D,15D,16D,17D,19D,27D,28D. The highest BCUT2D eigenvalue weighted by Crippen LogP contribution is 2.43. The molecule has 0 amide bonds. The van der Waals surface area contributed by atoms with Crippen LogP contribution in [-0.2, 0) is 0 Å². The van der Waals surface area contributed by atoms with Gasteiger partial charge < -0.3 is 4.57 Å². The lowest BCUT2D eigenvalue weighted by molar-refractivity contribution is 1.08. The Balaban J connectivity index is 1.24.